The zero-order valence-corrected chi connectivity index (χ0v) is 17.6. The predicted molar refractivity (Wildman–Crippen MR) is 121 cm³/mol. The quantitative estimate of drug-likeness (QED) is 0.436. The van der Waals surface area contributed by atoms with Crippen LogP contribution in [0.15, 0.2) is 59.0 Å². The SMILES string of the molecule is C=C(CN1CCN(C)CC1)Oc1ccccc1/N=N/c1ccc(NC(=O)CN)nc1N. The number of carbonyl (C=O) groups is 1. The number of benzene rings is 1. The summed E-state index contributed by atoms with van der Waals surface area (Å²) >= 11 is 0. The largest absolute Gasteiger partial charge is 0.459 e. The molecule has 1 amide bonds. The van der Waals surface area contributed by atoms with Gasteiger partial charge in [-0.05, 0) is 31.3 Å². The van der Waals surface area contributed by atoms with Crippen molar-refractivity contribution in [2.75, 3.05) is 57.4 Å². The van der Waals surface area contributed by atoms with E-state index in [0.717, 1.165) is 26.2 Å². The molecule has 0 radical (unpaired) electrons. The number of nitrogen functional groups attached to an aromatic ring is 1. The van der Waals surface area contributed by atoms with Gasteiger partial charge in [-0.1, -0.05) is 18.7 Å². The Morgan fingerprint density at radius 1 is 1.16 bits per heavy atom. The summed E-state index contributed by atoms with van der Waals surface area (Å²) in [4.78, 5) is 20.1. The van der Waals surface area contributed by atoms with Gasteiger partial charge in [0, 0.05) is 26.2 Å². The third-order valence-corrected chi connectivity index (χ3v) is 4.74. The lowest BCUT2D eigenvalue weighted by Gasteiger charge is -2.32. The highest BCUT2D eigenvalue weighted by Gasteiger charge is 2.15. The van der Waals surface area contributed by atoms with Crippen molar-refractivity contribution in [1.82, 2.24) is 14.8 Å². The van der Waals surface area contributed by atoms with E-state index >= 15 is 0 Å². The van der Waals surface area contributed by atoms with Gasteiger partial charge in [0.25, 0.3) is 0 Å². The third kappa shape index (κ3) is 6.57. The minimum absolute atomic E-state index is 0.136. The molecule has 0 aliphatic carbocycles. The Morgan fingerprint density at radius 2 is 1.87 bits per heavy atom. The standard InChI is InChI=1S/C21H28N8O2/c1-15(14-29-11-9-28(2)10-12-29)31-18-6-4-3-5-16(18)26-27-17-7-8-19(25-21(17)23)24-20(30)13-22/h3-8H,1,9-14,22H2,2H3,(H3,23,24,25,30)/b27-26+. The average molecular weight is 425 g/mol. The maximum Gasteiger partial charge on any atom is 0.239 e. The topological polar surface area (TPSA) is 134 Å². The summed E-state index contributed by atoms with van der Waals surface area (Å²) in [5.41, 5.74) is 12.1. The fourth-order valence-electron chi connectivity index (χ4n) is 2.99. The lowest BCUT2D eigenvalue weighted by molar-refractivity contribution is -0.114. The van der Waals surface area contributed by atoms with Gasteiger partial charge in [0.15, 0.2) is 11.6 Å². The van der Waals surface area contributed by atoms with E-state index in [0.29, 0.717) is 35.2 Å². The molecule has 1 aromatic heterocycles. The van der Waals surface area contributed by atoms with E-state index in [4.69, 9.17) is 16.2 Å². The second-order valence-corrected chi connectivity index (χ2v) is 7.24. The van der Waals surface area contributed by atoms with Crippen LogP contribution < -0.4 is 21.5 Å². The molecular weight excluding hydrogens is 396 g/mol. The Morgan fingerprint density at radius 3 is 2.58 bits per heavy atom. The molecule has 1 aliphatic heterocycles. The lowest BCUT2D eigenvalue weighted by atomic mass is 10.3. The zero-order chi connectivity index (χ0) is 22.2. The van der Waals surface area contributed by atoms with Gasteiger partial charge in [-0.15, -0.1) is 10.2 Å². The summed E-state index contributed by atoms with van der Waals surface area (Å²) in [6.45, 7) is 8.59. The lowest BCUT2D eigenvalue weighted by Crippen LogP contribution is -2.45. The molecule has 2 heterocycles. The van der Waals surface area contributed by atoms with Gasteiger partial charge in [-0.3, -0.25) is 9.69 Å². The Labute approximate surface area is 181 Å². The van der Waals surface area contributed by atoms with Crippen molar-refractivity contribution in [3.63, 3.8) is 0 Å². The number of nitrogens with two attached hydrogens (primary N) is 2. The number of hydrogen-bond donors (Lipinski definition) is 3. The summed E-state index contributed by atoms with van der Waals surface area (Å²) < 4.78 is 5.96. The van der Waals surface area contributed by atoms with E-state index < -0.39 is 0 Å². The number of likely N-dealkylation sites (N-methyl/N-ethyl adjacent to an activating group) is 1. The summed E-state index contributed by atoms with van der Waals surface area (Å²) in [7, 11) is 2.12. The molecule has 0 unspecified atom stereocenters. The van der Waals surface area contributed by atoms with Crippen LogP contribution in [-0.4, -0.2) is 67.0 Å². The first kappa shape index (κ1) is 22.3. The maximum atomic E-state index is 11.4. The number of aromatic nitrogens is 1. The van der Waals surface area contributed by atoms with E-state index in [-0.39, 0.29) is 18.3 Å². The molecule has 0 bridgehead atoms. The van der Waals surface area contributed by atoms with Crippen molar-refractivity contribution in [2.24, 2.45) is 16.0 Å². The molecular formula is C21H28N8O2. The monoisotopic (exact) mass is 424 g/mol. The van der Waals surface area contributed by atoms with Crippen molar-refractivity contribution in [1.29, 1.82) is 0 Å². The van der Waals surface area contributed by atoms with Gasteiger partial charge < -0.3 is 26.4 Å². The summed E-state index contributed by atoms with van der Waals surface area (Å²) in [6.07, 6.45) is 0. The van der Waals surface area contributed by atoms with E-state index in [1.807, 2.05) is 18.2 Å². The minimum Gasteiger partial charge on any atom is -0.459 e. The van der Waals surface area contributed by atoms with Crippen molar-refractivity contribution < 1.29 is 9.53 Å². The first-order chi connectivity index (χ1) is 14.9. The highest BCUT2D eigenvalue weighted by atomic mass is 16.5. The first-order valence-corrected chi connectivity index (χ1v) is 9.98. The van der Waals surface area contributed by atoms with E-state index in [1.54, 1.807) is 18.2 Å². The molecule has 1 aromatic carbocycles. The summed E-state index contributed by atoms with van der Waals surface area (Å²) in [6, 6.07) is 10.5. The minimum atomic E-state index is -0.357. The number of azo groups is 1. The number of ether oxygens (including phenoxy) is 1. The van der Waals surface area contributed by atoms with Gasteiger partial charge in [0.2, 0.25) is 5.91 Å². The van der Waals surface area contributed by atoms with Crippen LogP contribution in [0.1, 0.15) is 0 Å². The van der Waals surface area contributed by atoms with Crippen LogP contribution in [0.4, 0.5) is 23.0 Å². The average Bonchev–Trinajstić information content (AvgIpc) is 2.75. The van der Waals surface area contributed by atoms with Crippen molar-refractivity contribution >= 4 is 28.9 Å². The number of nitrogens with zero attached hydrogens (tertiary/aromatic N) is 5. The van der Waals surface area contributed by atoms with Gasteiger partial charge in [-0.25, -0.2) is 4.98 Å². The Kier molecular flexibility index (Phi) is 7.65. The fraction of sp³-hybridized carbons (Fsp3) is 0.333. The Bertz CT molecular complexity index is 954. The Hall–Kier alpha value is -3.34. The highest BCUT2D eigenvalue weighted by molar-refractivity contribution is 5.91. The van der Waals surface area contributed by atoms with Gasteiger partial charge in [0.05, 0.1) is 13.1 Å². The van der Waals surface area contributed by atoms with Gasteiger partial charge in [0.1, 0.15) is 23.0 Å². The van der Waals surface area contributed by atoms with Gasteiger partial charge >= 0.3 is 0 Å². The van der Waals surface area contributed by atoms with Crippen LogP contribution in [0.25, 0.3) is 0 Å². The van der Waals surface area contributed by atoms with Crippen LogP contribution >= 0.6 is 0 Å². The van der Waals surface area contributed by atoms with E-state index in [1.165, 1.54) is 0 Å². The molecule has 10 heteroatoms. The predicted octanol–water partition coefficient (Wildman–Crippen LogP) is 2.12. The molecule has 1 saturated heterocycles. The number of rotatable bonds is 8. The second kappa shape index (κ2) is 10.6. The number of amides is 1. The molecule has 10 nitrogen and oxygen atoms in total. The van der Waals surface area contributed by atoms with E-state index in [9.17, 15) is 4.79 Å². The number of nitrogens with one attached hydrogen (secondary N) is 1. The summed E-state index contributed by atoms with van der Waals surface area (Å²) in [5, 5.41) is 11.0. The molecule has 31 heavy (non-hydrogen) atoms. The van der Waals surface area contributed by atoms with Crippen molar-refractivity contribution in [2.45, 2.75) is 0 Å². The molecule has 3 rings (SSSR count). The number of pyridine rings is 1. The van der Waals surface area contributed by atoms with E-state index in [2.05, 4.69) is 44.0 Å². The number of carbonyl (C=O) groups excluding carboxylic acids is 1. The van der Waals surface area contributed by atoms with Crippen LogP contribution in [0.5, 0.6) is 5.75 Å². The molecule has 2 aromatic rings. The molecule has 1 fully saturated rings. The number of piperazine rings is 1. The van der Waals surface area contributed by atoms with Crippen molar-refractivity contribution in [3.8, 4) is 5.75 Å². The second-order valence-electron chi connectivity index (χ2n) is 7.24. The fourth-order valence-corrected chi connectivity index (χ4v) is 2.99. The summed E-state index contributed by atoms with van der Waals surface area (Å²) in [5.74, 6) is 1.29. The molecule has 1 aliphatic rings. The number of para-hydroxylation sites is 1. The molecule has 0 saturated carbocycles. The third-order valence-electron chi connectivity index (χ3n) is 4.74. The van der Waals surface area contributed by atoms with Crippen LogP contribution in [0.2, 0.25) is 0 Å². The molecule has 5 N–H and O–H groups in total. The van der Waals surface area contributed by atoms with Crippen LogP contribution in [-0.2, 0) is 4.79 Å². The molecule has 0 atom stereocenters. The van der Waals surface area contributed by atoms with Crippen LogP contribution in [0.3, 0.4) is 0 Å². The molecule has 0 spiro atoms. The number of hydrogen-bond acceptors (Lipinski definition) is 9. The molecule has 164 valence electrons. The smallest absolute Gasteiger partial charge is 0.239 e. The van der Waals surface area contributed by atoms with Crippen LogP contribution in [0, 0.1) is 0 Å². The van der Waals surface area contributed by atoms with Crippen molar-refractivity contribution in [3.05, 3.63) is 48.7 Å². The number of anilines is 2. The highest BCUT2D eigenvalue weighted by Crippen LogP contribution is 2.31. The van der Waals surface area contributed by atoms with Gasteiger partial charge in [-0.2, -0.15) is 0 Å². The normalized spacial score (nSPS) is 15.2. The maximum absolute atomic E-state index is 11.4. The Balaban J connectivity index is 1.65. The zero-order valence-electron chi connectivity index (χ0n) is 17.6. The first-order valence-electron chi connectivity index (χ1n) is 9.98.